The summed E-state index contributed by atoms with van der Waals surface area (Å²) in [4.78, 5) is 12.1. The van der Waals surface area contributed by atoms with Crippen LogP contribution in [0.2, 0.25) is 0 Å². The van der Waals surface area contributed by atoms with Crippen LogP contribution in [-0.4, -0.2) is 19.0 Å². The summed E-state index contributed by atoms with van der Waals surface area (Å²) in [5.41, 5.74) is 1.49. The van der Waals surface area contributed by atoms with Crippen molar-refractivity contribution in [2.24, 2.45) is 0 Å². The van der Waals surface area contributed by atoms with E-state index in [1.165, 1.54) is 0 Å². The first kappa shape index (κ1) is 13.5. The van der Waals surface area contributed by atoms with Crippen LogP contribution in [0, 0.1) is 13.8 Å². The Bertz CT molecular complexity index is 710. The van der Waals surface area contributed by atoms with Crippen LogP contribution < -0.4 is 9.47 Å². The lowest BCUT2D eigenvalue weighted by Crippen LogP contribution is -2.15. The molecule has 2 heterocycles. The van der Waals surface area contributed by atoms with E-state index in [-0.39, 0.29) is 5.78 Å². The highest BCUT2D eigenvalue weighted by Crippen LogP contribution is 2.31. The highest BCUT2D eigenvalue weighted by Gasteiger charge is 2.12. The van der Waals surface area contributed by atoms with Crippen molar-refractivity contribution in [2.45, 2.75) is 13.8 Å². The van der Waals surface area contributed by atoms with E-state index in [0.717, 1.165) is 17.1 Å². The number of ketones is 1. The molecular weight excluding hydrogens is 268 g/mol. The van der Waals surface area contributed by atoms with Gasteiger partial charge in [0.25, 0.3) is 0 Å². The Morgan fingerprint density at radius 2 is 1.86 bits per heavy atom. The zero-order valence-corrected chi connectivity index (χ0v) is 12.0. The molecule has 1 aromatic carbocycles. The summed E-state index contributed by atoms with van der Waals surface area (Å²) in [6, 6.07) is 7.37. The van der Waals surface area contributed by atoms with Gasteiger partial charge in [-0.1, -0.05) is 12.1 Å². The molecule has 4 nitrogen and oxygen atoms in total. The van der Waals surface area contributed by atoms with Crippen LogP contribution in [0.5, 0.6) is 11.5 Å². The van der Waals surface area contributed by atoms with Crippen molar-refractivity contribution in [3.8, 4) is 11.5 Å². The predicted molar refractivity (Wildman–Crippen MR) is 79.0 cm³/mol. The molecule has 21 heavy (non-hydrogen) atoms. The molecule has 4 heteroatoms. The third-order valence-corrected chi connectivity index (χ3v) is 3.30. The van der Waals surface area contributed by atoms with E-state index in [2.05, 4.69) is 0 Å². The number of ether oxygens (including phenoxy) is 2. The summed E-state index contributed by atoms with van der Waals surface area (Å²) in [5, 5.41) is 0. The fourth-order valence-electron chi connectivity index (χ4n) is 2.30. The minimum absolute atomic E-state index is 0.0701. The second-order valence-corrected chi connectivity index (χ2v) is 4.93. The van der Waals surface area contributed by atoms with Crippen molar-refractivity contribution in [3.05, 3.63) is 53.0 Å². The highest BCUT2D eigenvalue weighted by molar-refractivity contribution is 6.07. The molecule has 0 bridgehead atoms. The number of hydrogen-bond acceptors (Lipinski definition) is 4. The van der Waals surface area contributed by atoms with Crippen LogP contribution >= 0.6 is 0 Å². The summed E-state index contributed by atoms with van der Waals surface area (Å²) >= 11 is 0. The third-order valence-electron chi connectivity index (χ3n) is 3.30. The first-order valence-corrected chi connectivity index (χ1v) is 6.82. The molecule has 0 N–H and O–H groups in total. The average molecular weight is 284 g/mol. The normalized spacial score (nSPS) is 13.6. The van der Waals surface area contributed by atoms with Crippen molar-refractivity contribution in [1.29, 1.82) is 0 Å². The molecule has 3 rings (SSSR count). The van der Waals surface area contributed by atoms with Gasteiger partial charge in [-0.25, -0.2) is 0 Å². The Kier molecular flexibility index (Phi) is 3.52. The summed E-state index contributed by atoms with van der Waals surface area (Å²) in [7, 11) is 0. The SMILES string of the molecule is Cc1cc(C(=O)/C=C/c2ccc3c(c2)OCCO3)c(C)o1. The summed E-state index contributed by atoms with van der Waals surface area (Å²) in [5.74, 6) is 2.77. The van der Waals surface area contributed by atoms with E-state index in [9.17, 15) is 4.79 Å². The Hall–Kier alpha value is -2.49. The van der Waals surface area contributed by atoms with Crippen molar-refractivity contribution >= 4 is 11.9 Å². The third kappa shape index (κ3) is 2.84. The first-order chi connectivity index (χ1) is 10.1. The van der Waals surface area contributed by atoms with E-state index < -0.39 is 0 Å². The maximum atomic E-state index is 12.1. The molecule has 0 saturated carbocycles. The van der Waals surface area contributed by atoms with Crippen molar-refractivity contribution in [1.82, 2.24) is 0 Å². The van der Waals surface area contributed by atoms with Crippen LogP contribution in [0.15, 0.2) is 34.8 Å². The van der Waals surface area contributed by atoms with Crippen LogP contribution in [-0.2, 0) is 0 Å². The van der Waals surface area contributed by atoms with Crippen molar-refractivity contribution in [3.63, 3.8) is 0 Å². The fourth-order valence-corrected chi connectivity index (χ4v) is 2.30. The zero-order chi connectivity index (χ0) is 14.8. The monoisotopic (exact) mass is 284 g/mol. The Morgan fingerprint density at radius 3 is 2.57 bits per heavy atom. The van der Waals surface area contributed by atoms with Gasteiger partial charge in [-0.05, 0) is 43.7 Å². The Labute approximate surface area is 123 Å². The van der Waals surface area contributed by atoms with Gasteiger partial charge in [0, 0.05) is 0 Å². The minimum atomic E-state index is -0.0701. The van der Waals surface area contributed by atoms with Gasteiger partial charge in [0.2, 0.25) is 0 Å². The molecule has 1 aliphatic heterocycles. The molecule has 0 aliphatic carbocycles. The number of carbonyl (C=O) groups is 1. The molecule has 0 radical (unpaired) electrons. The van der Waals surface area contributed by atoms with Crippen LogP contribution in [0.25, 0.3) is 6.08 Å². The quantitative estimate of drug-likeness (QED) is 0.638. The molecular formula is C17H16O4. The van der Waals surface area contributed by atoms with E-state index in [4.69, 9.17) is 13.9 Å². The van der Waals surface area contributed by atoms with Gasteiger partial charge in [-0.2, -0.15) is 0 Å². The van der Waals surface area contributed by atoms with Crippen LogP contribution in [0.4, 0.5) is 0 Å². The van der Waals surface area contributed by atoms with E-state index in [0.29, 0.717) is 30.3 Å². The lowest BCUT2D eigenvalue weighted by atomic mass is 10.1. The topological polar surface area (TPSA) is 48.7 Å². The summed E-state index contributed by atoms with van der Waals surface area (Å²) < 4.78 is 16.4. The Morgan fingerprint density at radius 1 is 1.10 bits per heavy atom. The van der Waals surface area contributed by atoms with Gasteiger partial charge in [-0.3, -0.25) is 4.79 Å². The molecule has 0 spiro atoms. The second-order valence-electron chi connectivity index (χ2n) is 4.93. The number of allylic oxidation sites excluding steroid dienone is 1. The van der Waals surface area contributed by atoms with Crippen molar-refractivity contribution < 1.29 is 18.7 Å². The van der Waals surface area contributed by atoms with Crippen LogP contribution in [0.3, 0.4) is 0 Å². The number of furan rings is 1. The smallest absolute Gasteiger partial charge is 0.189 e. The molecule has 0 atom stereocenters. The van der Waals surface area contributed by atoms with Gasteiger partial charge in [0.1, 0.15) is 24.7 Å². The molecule has 1 aromatic heterocycles. The van der Waals surface area contributed by atoms with Crippen LogP contribution in [0.1, 0.15) is 27.4 Å². The molecule has 0 unspecified atom stereocenters. The largest absolute Gasteiger partial charge is 0.486 e. The van der Waals surface area contributed by atoms with Gasteiger partial charge in [0.05, 0.1) is 5.56 Å². The summed E-state index contributed by atoms with van der Waals surface area (Å²) in [6.07, 6.45) is 3.31. The maximum absolute atomic E-state index is 12.1. The Balaban J connectivity index is 1.79. The van der Waals surface area contributed by atoms with Gasteiger partial charge < -0.3 is 13.9 Å². The van der Waals surface area contributed by atoms with Gasteiger partial charge in [-0.15, -0.1) is 0 Å². The van der Waals surface area contributed by atoms with Gasteiger partial charge >= 0.3 is 0 Å². The summed E-state index contributed by atoms with van der Waals surface area (Å²) in [6.45, 7) is 4.73. The number of hydrogen-bond donors (Lipinski definition) is 0. The fraction of sp³-hybridized carbons (Fsp3) is 0.235. The number of benzene rings is 1. The molecule has 0 saturated heterocycles. The molecule has 0 amide bonds. The van der Waals surface area contributed by atoms with E-state index in [1.54, 1.807) is 25.1 Å². The first-order valence-electron chi connectivity index (χ1n) is 6.82. The lowest BCUT2D eigenvalue weighted by Gasteiger charge is -2.18. The lowest BCUT2D eigenvalue weighted by molar-refractivity contribution is 0.104. The highest BCUT2D eigenvalue weighted by atomic mass is 16.6. The average Bonchev–Trinajstić information content (AvgIpc) is 2.83. The van der Waals surface area contributed by atoms with Crippen molar-refractivity contribution in [2.75, 3.05) is 13.2 Å². The van der Waals surface area contributed by atoms with E-state index in [1.807, 2.05) is 25.1 Å². The molecule has 2 aromatic rings. The molecule has 108 valence electrons. The second kappa shape index (κ2) is 5.48. The van der Waals surface area contributed by atoms with E-state index >= 15 is 0 Å². The molecule has 0 fully saturated rings. The predicted octanol–water partition coefficient (Wildman–Crippen LogP) is 3.56. The zero-order valence-electron chi connectivity index (χ0n) is 12.0. The number of carbonyl (C=O) groups excluding carboxylic acids is 1. The number of fused-ring (bicyclic) bond motifs is 1. The standard InChI is InChI=1S/C17H16O4/c1-11-9-14(12(2)21-11)15(18)5-3-13-4-6-16-17(10-13)20-8-7-19-16/h3-6,9-10H,7-8H2,1-2H3/b5-3+. The minimum Gasteiger partial charge on any atom is -0.486 e. The number of aryl methyl sites for hydroxylation is 2. The van der Waals surface area contributed by atoms with Gasteiger partial charge in [0.15, 0.2) is 17.3 Å². The molecule has 1 aliphatic rings. The number of rotatable bonds is 3. The maximum Gasteiger partial charge on any atom is 0.189 e.